The van der Waals surface area contributed by atoms with E-state index in [1.54, 1.807) is 113 Å². The molecule has 0 spiro atoms. The van der Waals surface area contributed by atoms with Crippen molar-refractivity contribution in [3.8, 4) is 0 Å². The van der Waals surface area contributed by atoms with Crippen molar-refractivity contribution in [3.63, 3.8) is 0 Å². The molecule has 0 atom stereocenters. The van der Waals surface area contributed by atoms with Crippen molar-refractivity contribution in [1.82, 2.24) is 81.6 Å². The Hall–Kier alpha value is -12.5. The van der Waals surface area contributed by atoms with Gasteiger partial charge in [-0.05, 0) is 146 Å². The van der Waals surface area contributed by atoms with E-state index in [-0.39, 0.29) is 54.2 Å². The number of nitrogens with zero attached hydrogens (tertiary/aromatic N) is 17. The minimum Gasteiger partial charge on any atom is -0.425 e. The molecule has 0 aliphatic carbocycles. The molecule has 5 saturated heterocycles. The molecule has 30 nitrogen and oxygen atoms in total. The van der Waals surface area contributed by atoms with E-state index < -0.39 is 29.6 Å². The van der Waals surface area contributed by atoms with Crippen molar-refractivity contribution < 1.29 is 63.5 Å². The van der Waals surface area contributed by atoms with Crippen molar-refractivity contribution in [2.45, 2.75) is 101 Å². The lowest BCUT2D eigenvalue weighted by atomic mass is 10.0. The van der Waals surface area contributed by atoms with Crippen LogP contribution in [0.1, 0.15) is 70.6 Å². The van der Waals surface area contributed by atoms with Gasteiger partial charge >= 0.3 is 22.2 Å². The average Bonchev–Trinajstić information content (AvgIpc) is 1.64. The van der Waals surface area contributed by atoms with Gasteiger partial charge in [0.2, 0.25) is 0 Å². The molecule has 17 heterocycles. The fourth-order valence-corrected chi connectivity index (χ4v) is 17.6. The van der Waals surface area contributed by atoms with Gasteiger partial charge < -0.3 is 62.8 Å². The highest BCUT2D eigenvalue weighted by atomic mass is 35.6. The number of ether oxygens (including phenoxy) is 5. The SMILES string of the molecule is C.C1CN(CN2CCOCC2)CCO1.C[Si](C)(C)Cl.Cc1c(CN2CCOCC2)c2c(ncc3c2ccn3Cc2ccc(F)cc2)c(=O)n1O.Cc1c(CN2CCOCC2)c2c(ncc3c2ccn3Cc2ccc(F)cc2)c(=O)n1O.Cc1cc2c(ncc3c2c(CN2CCOCC2)cn3Cc2ccc(F)cc2)c(=O)n1O.Cc1cc2c(ncc3c2ccn3Cc2ccc(F)cc2)c(=O)n1O.[2HH]. The number of aryl methyl sites for hydroxylation is 2. The van der Waals surface area contributed by atoms with Crippen LogP contribution in [0.25, 0.3) is 87.2 Å². The topological polar surface area (TPSA) is 303 Å². The van der Waals surface area contributed by atoms with Crippen molar-refractivity contribution in [3.05, 3.63) is 303 Å². The zero-order chi connectivity index (χ0) is 94.9. The zero-order valence-corrected chi connectivity index (χ0v) is 78.3. The Kier molecular flexibility index (Phi) is 31.5. The number of aromatic nitrogens is 12. The highest BCUT2D eigenvalue weighted by molar-refractivity contribution is 7.18. The number of fused-ring (bicyclic) bond motifs is 12. The molecule has 5 aliphatic heterocycles. The summed E-state index contributed by atoms with van der Waals surface area (Å²) in [6.45, 7) is 35.2. The molecule has 5 aliphatic rings. The lowest BCUT2D eigenvalue weighted by Gasteiger charge is -2.34. The standard InChI is InChI=1S/3C23H23FN4O3.C18H14FN3O2.C9H18N2O2.C3H9ClSi.CH4.H2/c1-15-10-19-21-17(13-26-6-8-31-9-7-26)14-27(12-16-2-4-18(24)5-3-16)20(21)11-25-22(19)23(29)28(15)30;2*1-15-19(14-26-8-10-31-11-9-26)21-18-6-7-27(13-16-2-4-17(24)5-3-16)20(18)12-25-22(21)23(29)28(15)30;1-11-8-15-14-6-7-21(10-12-2-4-13(19)5-3-12)16(14)9-20-17(15)18(23)22(11)24;1-5-12-6-2-10(1)9-11-3-7-13-8-4-11;1-5(2,3)4;;/h2-5,10-11,14,30H,6-9,12-13H2,1H3;2*2-7,12,30H,8-11,13-14H2,1H3;2-9,24H,10H2,1H3;1-9H2;1-3H3;1H4;1H/i;;;;;;;1+1. The Morgan fingerprint density at radius 1 is 0.346 bits per heavy atom. The number of hydrogen-bond donors (Lipinski definition) is 4. The van der Waals surface area contributed by atoms with Crippen LogP contribution < -0.4 is 22.2 Å². The summed E-state index contributed by atoms with van der Waals surface area (Å²) in [6.07, 6.45) is 14.5. The number of halogens is 5. The molecule has 0 saturated carbocycles. The summed E-state index contributed by atoms with van der Waals surface area (Å²) in [5.74, 6) is -1.06. The van der Waals surface area contributed by atoms with Crippen molar-refractivity contribution in [2.24, 2.45) is 0 Å². The quantitative estimate of drug-likeness (QED) is 0.0302. The van der Waals surface area contributed by atoms with Gasteiger partial charge in [-0.1, -0.05) is 75.6 Å². The molecular formula is C100H116ClF4N17O13Si. The zero-order valence-electron chi connectivity index (χ0n) is 76.5. The summed E-state index contributed by atoms with van der Waals surface area (Å²) in [7, 11) is -1.14. The lowest BCUT2D eigenvalue weighted by molar-refractivity contribution is -0.0229. The van der Waals surface area contributed by atoms with Gasteiger partial charge in [-0.2, -0.15) is 30.0 Å². The monoisotopic (exact) mass is 1900 g/mol. The van der Waals surface area contributed by atoms with Crippen LogP contribution in [0, 0.1) is 51.0 Å². The van der Waals surface area contributed by atoms with Crippen LogP contribution in [0.5, 0.6) is 0 Å². The van der Waals surface area contributed by atoms with Crippen LogP contribution in [-0.4, -0.2) is 248 Å². The Balaban J connectivity index is 0.000000137. The van der Waals surface area contributed by atoms with Gasteiger partial charge in [0.1, 0.15) is 52.7 Å². The van der Waals surface area contributed by atoms with E-state index in [4.69, 9.17) is 34.8 Å². The summed E-state index contributed by atoms with van der Waals surface area (Å²) in [5.41, 5.74) is 11.1. The molecule has 21 rings (SSSR count). The van der Waals surface area contributed by atoms with E-state index in [2.05, 4.69) is 74.8 Å². The number of morpholine rings is 5. The molecule has 4 aromatic carbocycles. The third kappa shape index (κ3) is 22.7. The van der Waals surface area contributed by atoms with Crippen LogP contribution in [-0.2, 0) is 69.5 Å². The Morgan fingerprint density at radius 2 is 0.625 bits per heavy atom. The number of rotatable bonds is 16. The Morgan fingerprint density at radius 3 is 0.978 bits per heavy atom. The van der Waals surface area contributed by atoms with E-state index in [1.807, 2.05) is 50.5 Å². The maximum atomic E-state index is 13.3. The number of hydrogen-bond acceptors (Lipinski definition) is 22. The summed E-state index contributed by atoms with van der Waals surface area (Å²) < 4.78 is 90.7. The molecule has 136 heavy (non-hydrogen) atoms. The molecule has 5 fully saturated rings. The lowest BCUT2D eigenvalue weighted by Crippen LogP contribution is -2.47. The normalized spacial score (nSPS) is 15.5. The molecule has 12 aromatic heterocycles. The molecule has 718 valence electrons. The summed E-state index contributed by atoms with van der Waals surface area (Å²) in [5, 5.41) is 47.2. The van der Waals surface area contributed by atoms with Gasteiger partial charge in [-0.15, -0.1) is 0 Å². The molecular weight excluding hydrogens is 1790 g/mol. The maximum Gasteiger partial charge on any atom is 0.309 e. The molecule has 0 bridgehead atoms. The van der Waals surface area contributed by atoms with Crippen LogP contribution in [0.15, 0.2) is 196 Å². The summed E-state index contributed by atoms with van der Waals surface area (Å²) in [6, 6.07) is 35.0. The smallest absolute Gasteiger partial charge is 0.309 e. The summed E-state index contributed by atoms with van der Waals surface area (Å²) in [4.78, 5) is 79.4. The Bertz CT molecular complexity index is 6960. The number of pyridine rings is 8. The van der Waals surface area contributed by atoms with E-state index in [0.717, 1.165) is 204 Å². The van der Waals surface area contributed by atoms with E-state index in [0.29, 0.717) is 126 Å². The van der Waals surface area contributed by atoms with Crippen LogP contribution in [0.3, 0.4) is 0 Å². The van der Waals surface area contributed by atoms with E-state index in [1.165, 1.54) is 48.5 Å². The van der Waals surface area contributed by atoms with Gasteiger partial charge in [0.25, 0.3) is 0 Å². The van der Waals surface area contributed by atoms with Gasteiger partial charge in [-0.3, -0.25) is 43.7 Å². The number of benzene rings is 4. The highest BCUT2D eigenvalue weighted by Gasteiger charge is 2.27. The third-order valence-corrected chi connectivity index (χ3v) is 24.8. The first-order chi connectivity index (χ1) is 65.0. The third-order valence-electron chi connectivity index (χ3n) is 24.8. The minimum absolute atomic E-state index is 0. The van der Waals surface area contributed by atoms with Gasteiger partial charge in [-0.25, -0.2) is 37.5 Å². The maximum absolute atomic E-state index is 13.3. The fraction of sp³-hybridized carbons (Fsp3) is 0.360. The first kappa shape index (κ1) is 98.0. The second-order valence-corrected chi connectivity index (χ2v) is 42.8. The van der Waals surface area contributed by atoms with Crippen LogP contribution in [0.4, 0.5) is 17.6 Å². The molecule has 0 unspecified atom stereocenters. The van der Waals surface area contributed by atoms with Gasteiger partial charge in [0.05, 0.1) is 142 Å². The highest BCUT2D eigenvalue weighted by Crippen LogP contribution is 2.35. The van der Waals surface area contributed by atoms with Gasteiger partial charge in [0.15, 0.2) is 0 Å². The fourth-order valence-electron chi connectivity index (χ4n) is 17.6. The van der Waals surface area contributed by atoms with Crippen molar-refractivity contribution in [1.29, 1.82) is 0 Å². The molecule has 36 heteroatoms. The summed E-state index contributed by atoms with van der Waals surface area (Å²) >= 11 is 5.67. The largest absolute Gasteiger partial charge is 0.425 e. The molecule has 0 amide bonds. The second-order valence-electron chi connectivity index (χ2n) is 35.3. The predicted molar refractivity (Wildman–Crippen MR) is 522 cm³/mol. The van der Waals surface area contributed by atoms with Crippen molar-refractivity contribution >= 4 is 106 Å². The van der Waals surface area contributed by atoms with E-state index in [9.17, 15) is 57.6 Å². The first-order valence-corrected chi connectivity index (χ1v) is 49.6. The van der Waals surface area contributed by atoms with Crippen LogP contribution in [0.2, 0.25) is 19.6 Å². The molecule has 16 aromatic rings. The van der Waals surface area contributed by atoms with Crippen LogP contribution >= 0.6 is 11.1 Å². The second kappa shape index (κ2) is 43.7. The first-order valence-electron chi connectivity index (χ1n) is 45.1. The Labute approximate surface area is 788 Å². The minimum atomic E-state index is -1.14. The van der Waals surface area contributed by atoms with Crippen molar-refractivity contribution in [2.75, 3.05) is 138 Å². The average molecular weight is 1900 g/mol. The van der Waals surface area contributed by atoms with Gasteiger partial charge in [0, 0.05) is 181 Å². The predicted octanol–water partition coefficient (Wildman–Crippen LogP) is 14.4. The molecule has 0 radical (unpaired) electrons. The molecule has 4 N–H and O–H groups in total. The van der Waals surface area contributed by atoms with E-state index >= 15 is 0 Å².